The molecule has 0 aliphatic carbocycles. The zero-order valence-electron chi connectivity index (χ0n) is 21.1. The van der Waals surface area contributed by atoms with Gasteiger partial charge in [-0.15, -0.1) is 0 Å². The van der Waals surface area contributed by atoms with E-state index in [1.807, 2.05) is 54.6 Å². The van der Waals surface area contributed by atoms with Gasteiger partial charge in [0.1, 0.15) is 29.3 Å². The second-order valence-corrected chi connectivity index (χ2v) is 10.0. The van der Waals surface area contributed by atoms with Crippen LogP contribution in [0.25, 0.3) is 22.3 Å². The molecule has 9 heteroatoms. The molecule has 0 unspecified atom stereocenters. The lowest BCUT2D eigenvalue weighted by molar-refractivity contribution is 0.344. The van der Waals surface area contributed by atoms with Gasteiger partial charge in [-0.3, -0.25) is 0 Å². The third-order valence-corrected chi connectivity index (χ3v) is 7.68. The molecule has 3 N–H and O–H groups in total. The van der Waals surface area contributed by atoms with Crippen molar-refractivity contribution in [2.24, 2.45) is 0 Å². The number of hydrogen-bond acceptors (Lipinski definition) is 7. The monoisotopic (exact) mass is 506 g/mol. The maximum Gasteiger partial charge on any atom is 0.164 e. The van der Waals surface area contributed by atoms with Gasteiger partial charge in [-0.2, -0.15) is 5.10 Å². The first-order chi connectivity index (χ1) is 18.7. The number of nitrogen functional groups attached to an aromatic ring is 1. The van der Waals surface area contributed by atoms with Crippen LogP contribution in [0.3, 0.4) is 0 Å². The van der Waals surface area contributed by atoms with Crippen molar-refractivity contribution in [1.82, 2.24) is 29.6 Å². The maximum absolute atomic E-state index is 6.37. The fraction of sp³-hybridized carbons (Fsp3) is 0.276. The molecular weight excluding hydrogens is 476 g/mol. The highest BCUT2D eigenvalue weighted by molar-refractivity contribution is 5.98. The summed E-state index contributed by atoms with van der Waals surface area (Å²) < 4.78 is 10.4. The highest BCUT2D eigenvalue weighted by Gasteiger charge is 2.27. The predicted molar refractivity (Wildman–Crippen MR) is 149 cm³/mol. The van der Waals surface area contributed by atoms with E-state index in [0.29, 0.717) is 11.9 Å². The average molecular weight is 507 g/mol. The zero-order chi connectivity index (χ0) is 25.5. The summed E-state index contributed by atoms with van der Waals surface area (Å²) in [6, 6.07) is 20.8. The molecule has 5 aromatic rings. The SMILES string of the molecule is Nc1ncnc2c1c(-c1ccc(Oc3ccccc3)cc1)nn2C1CCN(c2ccn(C3CNC3)c2)CC1. The first-order valence-electron chi connectivity index (χ1n) is 13.2. The van der Waals surface area contributed by atoms with E-state index < -0.39 is 0 Å². The van der Waals surface area contributed by atoms with E-state index in [2.05, 4.69) is 47.9 Å². The van der Waals surface area contributed by atoms with Crippen molar-refractivity contribution in [2.75, 3.05) is 36.8 Å². The van der Waals surface area contributed by atoms with Crippen LogP contribution in [0.2, 0.25) is 0 Å². The Labute approximate surface area is 220 Å². The number of para-hydroxylation sites is 1. The second kappa shape index (κ2) is 9.50. The van der Waals surface area contributed by atoms with Crippen LogP contribution in [0.1, 0.15) is 24.9 Å². The molecule has 192 valence electrons. The summed E-state index contributed by atoms with van der Waals surface area (Å²) in [4.78, 5) is 11.4. The van der Waals surface area contributed by atoms with Crippen LogP contribution >= 0.6 is 0 Å². The van der Waals surface area contributed by atoms with Gasteiger partial charge >= 0.3 is 0 Å². The Bertz CT molecular complexity index is 1550. The van der Waals surface area contributed by atoms with Gasteiger partial charge in [-0.25, -0.2) is 14.6 Å². The number of nitrogens with two attached hydrogens (primary N) is 1. The van der Waals surface area contributed by atoms with E-state index in [1.165, 1.54) is 12.0 Å². The largest absolute Gasteiger partial charge is 0.457 e. The van der Waals surface area contributed by atoms with Crippen molar-refractivity contribution in [1.29, 1.82) is 0 Å². The van der Waals surface area contributed by atoms with Gasteiger partial charge in [0.2, 0.25) is 0 Å². The number of ether oxygens (including phenoxy) is 1. The smallest absolute Gasteiger partial charge is 0.164 e. The number of nitrogens with zero attached hydrogens (tertiary/aromatic N) is 6. The summed E-state index contributed by atoms with van der Waals surface area (Å²) in [5.74, 6) is 2.02. The van der Waals surface area contributed by atoms with Crippen molar-refractivity contribution in [3.8, 4) is 22.8 Å². The van der Waals surface area contributed by atoms with Crippen LogP contribution < -0.4 is 20.7 Å². The van der Waals surface area contributed by atoms with Gasteiger partial charge in [0.25, 0.3) is 0 Å². The van der Waals surface area contributed by atoms with E-state index in [1.54, 1.807) is 0 Å². The highest BCUT2D eigenvalue weighted by atomic mass is 16.5. The third-order valence-electron chi connectivity index (χ3n) is 7.68. The molecule has 0 radical (unpaired) electrons. The molecule has 0 saturated carbocycles. The normalized spacial score (nSPS) is 16.6. The topological polar surface area (TPSA) is 99.0 Å². The molecule has 2 fully saturated rings. The molecule has 9 nitrogen and oxygen atoms in total. The summed E-state index contributed by atoms with van der Waals surface area (Å²) in [5.41, 5.74) is 10.2. The summed E-state index contributed by atoms with van der Waals surface area (Å²) in [6.45, 7) is 4.05. The van der Waals surface area contributed by atoms with Gasteiger partial charge in [-0.05, 0) is 55.3 Å². The van der Waals surface area contributed by atoms with Crippen molar-refractivity contribution >= 4 is 22.5 Å². The standard InChI is InChI=1S/C29H30N8O/c30-28-26-27(20-6-8-25(9-7-20)38-24-4-2-1-3-5-24)34-37(29(26)33-19-32-28)21-10-13-35(14-11-21)22-12-15-36(18-22)23-16-31-17-23/h1-9,12,15,18-19,21,23,31H,10-11,13-14,16-17H2,(H2,30,32,33). The predicted octanol–water partition coefficient (Wildman–Crippen LogP) is 4.66. The van der Waals surface area contributed by atoms with Crippen molar-refractivity contribution in [2.45, 2.75) is 24.9 Å². The van der Waals surface area contributed by atoms with Gasteiger partial charge in [0, 0.05) is 44.1 Å². The van der Waals surface area contributed by atoms with Crippen molar-refractivity contribution < 1.29 is 4.74 Å². The molecule has 5 heterocycles. The maximum atomic E-state index is 6.37. The lowest BCUT2D eigenvalue weighted by Crippen LogP contribution is -2.43. The molecule has 0 atom stereocenters. The van der Waals surface area contributed by atoms with E-state index >= 15 is 0 Å². The molecule has 2 aliphatic heterocycles. The summed E-state index contributed by atoms with van der Waals surface area (Å²) in [5, 5.41) is 9.22. The lowest BCUT2D eigenvalue weighted by Gasteiger charge is -2.33. The molecule has 0 bridgehead atoms. The molecule has 2 saturated heterocycles. The lowest BCUT2D eigenvalue weighted by atomic mass is 10.0. The minimum absolute atomic E-state index is 0.246. The molecule has 3 aromatic heterocycles. The van der Waals surface area contributed by atoms with Crippen LogP contribution in [-0.4, -0.2) is 50.5 Å². The molecule has 0 spiro atoms. The van der Waals surface area contributed by atoms with E-state index in [9.17, 15) is 0 Å². The molecular formula is C29H30N8O. The molecule has 38 heavy (non-hydrogen) atoms. The van der Waals surface area contributed by atoms with Crippen LogP contribution in [-0.2, 0) is 0 Å². The number of anilines is 2. The Hall–Kier alpha value is -4.37. The Balaban J connectivity index is 1.13. The number of benzene rings is 2. The van der Waals surface area contributed by atoms with Gasteiger partial charge in [-0.1, -0.05) is 18.2 Å². The Morgan fingerprint density at radius 3 is 2.37 bits per heavy atom. The Morgan fingerprint density at radius 1 is 0.868 bits per heavy atom. The first-order valence-corrected chi connectivity index (χ1v) is 13.2. The van der Waals surface area contributed by atoms with Gasteiger partial charge < -0.3 is 25.3 Å². The number of rotatable bonds is 6. The molecule has 0 amide bonds. The second-order valence-electron chi connectivity index (χ2n) is 10.0. The summed E-state index contributed by atoms with van der Waals surface area (Å²) in [6.07, 6.45) is 7.99. The van der Waals surface area contributed by atoms with Crippen LogP contribution in [0.15, 0.2) is 79.4 Å². The number of nitrogens with one attached hydrogen (secondary N) is 1. The third kappa shape index (κ3) is 4.14. The Morgan fingerprint density at radius 2 is 1.63 bits per heavy atom. The van der Waals surface area contributed by atoms with Crippen molar-refractivity contribution in [3.05, 3.63) is 79.4 Å². The number of aromatic nitrogens is 5. The number of piperidine rings is 1. The highest BCUT2D eigenvalue weighted by Crippen LogP contribution is 2.36. The molecule has 7 rings (SSSR count). The number of hydrogen-bond donors (Lipinski definition) is 2. The van der Waals surface area contributed by atoms with E-state index in [-0.39, 0.29) is 6.04 Å². The minimum atomic E-state index is 0.246. The molecule has 2 aromatic carbocycles. The number of fused-ring (bicyclic) bond motifs is 1. The van der Waals surface area contributed by atoms with E-state index in [4.69, 9.17) is 15.6 Å². The zero-order valence-corrected chi connectivity index (χ0v) is 21.1. The van der Waals surface area contributed by atoms with Crippen LogP contribution in [0.5, 0.6) is 11.5 Å². The minimum Gasteiger partial charge on any atom is -0.457 e. The van der Waals surface area contributed by atoms with E-state index in [0.717, 1.165) is 72.8 Å². The summed E-state index contributed by atoms with van der Waals surface area (Å²) >= 11 is 0. The summed E-state index contributed by atoms with van der Waals surface area (Å²) in [7, 11) is 0. The van der Waals surface area contributed by atoms with Crippen LogP contribution in [0, 0.1) is 0 Å². The Kier molecular flexibility index (Phi) is 5.70. The molecule has 2 aliphatic rings. The fourth-order valence-electron chi connectivity index (χ4n) is 5.43. The quantitative estimate of drug-likeness (QED) is 0.346. The average Bonchev–Trinajstić information content (AvgIpc) is 3.55. The first kappa shape index (κ1) is 22.8. The van der Waals surface area contributed by atoms with Crippen molar-refractivity contribution in [3.63, 3.8) is 0 Å². The van der Waals surface area contributed by atoms with Crippen LogP contribution in [0.4, 0.5) is 11.5 Å². The van der Waals surface area contributed by atoms with Gasteiger partial charge in [0.15, 0.2) is 5.65 Å². The fourth-order valence-corrected chi connectivity index (χ4v) is 5.43. The van der Waals surface area contributed by atoms with Gasteiger partial charge in [0.05, 0.1) is 23.2 Å².